The minimum absolute atomic E-state index is 0.00685. The second kappa shape index (κ2) is 13.6. The maximum atomic E-state index is 12.2. The van der Waals surface area contributed by atoms with Gasteiger partial charge in [0.2, 0.25) is 0 Å². The van der Waals surface area contributed by atoms with E-state index in [1.807, 2.05) is 74.5 Å². The van der Waals surface area contributed by atoms with Crippen LogP contribution >= 0.6 is 0 Å². The van der Waals surface area contributed by atoms with E-state index in [1.54, 1.807) is 7.05 Å². The molecule has 0 saturated carbocycles. The monoisotopic (exact) mass is 427 g/mol. The summed E-state index contributed by atoms with van der Waals surface area (Å²) in [6.45, 7) is 8.32. The van der Waals surface area contributed by atoms with Crippen molar-refractivity contribution >= 4 is 11.9 Å². The highest BCUT2D eigenvalue weighted by Gasteiger charge is 2.24. The summed E-state index contributed by atoms with van der Waals surface area (Å²) in [6.07, 6.45) is 1.52. The molecule has 31 heavy (non-hydrogen) atoms. The number of nitrogens with zero attached hydrogens (tertiary/aromatic N) is 1. The molecule has 0 aliphatic rings. The first-order valence-electron chi connectivity index (χ1n) is 10.8. The number of rotatable bonds is 9. The minimum atomic E-state index is -0.732. The number of hydrogen-bond acceptors (Lipinski definition) is 3. The van der Waals surface area contributed by atoms with Crippen LogP contribution in [0.25, 0.3) is 0 Å². The predicted molar refractivity (Wildman–Crippen MR) is 125 cm³/mol. The van der Waals surface area contributed by atoms with Crippen LogP contribution < -0.4 is 0 Å². The van der Waals surface area contributed by atoms with Crippen molar-refractivity contribution in [3.8, 4) is 0 Å². The molecule has 0 aromatic heterocycles. The van der Waals surface area contributed by atoms with Crippen molar-refractivity contribution in [1.29, 1.82) is 0 Å². The van der Waals surface area contributed by atoms with Crippen molar-refractivity contribution in [2.45, 2.75) is 52.4 Å². The Morgan fingerprint density at radius 2 is 1.19 bits per heavy atom. The van der Waals surface area contributed by atoms with Crippen LogP contribution in [-0.2, 0) is 14.4 Å². The molecule has 0 fully saturated rings. The van der Waals surface area contributed by atoms with Gasteiger partial charge in [-0.25, -0.2) is 5.06 Å². The predicted octanol–water partition coefficient (Wildman–Crippen LogP) is 5.74. The molecule has 2 unspecified atom stereocenters. The zero-order valence-corrected chi connectivity index (χ0v) is 19.6. The maximum Gasteiger partial charge on any atom is 0.310 e. The first-order chi connectivity index (χ1) is 14.7. The van der Waals surface area contributed by atoms with E-state index in [0.29, 0.717) is 18.3 Å². The van der Waals surface area contributed by atoms with Gasteiger partial charge < -0.3 is 5.11 Å². The topological polar surface area (TPSA) is 66.8 Å². The Labute approximate surface area is 187 Å². The fourth-order valence-electron chi connectivity index (χ4n) is 3.38. The highest BCUT2D eigenvalue weighted by atomic mass is 16.7. The van der Waals surface area contributed by atoms with E-state index in [4.69, 9.17) is 9.94 Å². The van der Waals surface area contributed by atoms with E-state index >= 15 is 0 Å². The molecule has 0 aliphatic carbocycles. The van der Waals surface area contributed by atoms with Gasteiger partial charge in [-0.2, -0.15) is 0 Å². The molecule has 0 bridgehead atoms. The number of benzene rings is 2. The van der Waals surface area contributed by atoms with Crippen LogP contribution in [0.5, 0.6) is 0 Å². The van der Waals surface area contributed by atoms with Crippen LogP contribution in [0.15, 0.2) is 60.7 Å². The smallest absolute Gasteiger partial charge is 0.310 e. The Bertz CT molecular complexity index is 775. The van der Waals surface area contributed by atoms with Gasteiger partial charge in [0.05, 0.1) is 18.9 Å². The van der Waals surface area contributed by atoms with Crippen LogP contribution in [0, 0.1) is 11.8 Å². The second-order valence-electron chi connectivity index (χ2n) is 8.54. The van der Waals surface area contributed by atoms with Gasteiger partial charge in [-0.1, -0.05) is 88.4 Å². The summed E-state index contributed by atoms with van der Waals surface area (Å²) >= 11 is 0. The molecule has 170 valence electrons. The van der Waals surface area contributed by atoms with E-state index in [-0.39, 0.29) is 17.7 Å². The highest BCUT2D eigenvalue weighted by Crippen LogP contribution is 2.26. The Morgan fingerprint density at radius 3 is 1.55 bits per heavy atom. The largest absolute Gasteiger partial charge is 0.481 e. The van der Waals surface area contributed by atoms with E-state index in [0.717, 1.165) is 17.5 Å². The van der Waals surface area contributed by atoms with Crippen molar-refractivity contribution in [2.75, 3.05) is 14.2 Å². The zero-order valence-electron chi connectivity index (χ0n) is 19.6. The van der Waals surface area contributed by atoms with E-state index < -0.39 is 5.97 Å². The summed E-state index contributed by atoms with van der Waals surface area (Å²) in [5.41, 5.74) is 1.95. The van der Waals surface area contributed by atoms with Crippen LogP contribution in [0.4, 0.5) is 0 Å². The highest BCUT2D eigenvalue weighted by molar-refractivity contribution is 5.82. The van der Waals surface area contributed by atoms with Gasteiger partial charge in [0.1, 0.15) is 0 Å². The third-order valence-electron chi connectivity index (χ3n) is 5.00. The van der Waals surface area contributed by atoms with Gasteiger partial charge in [0, 0.05) is 7.05 Å². The molecule has 2 aromatic carbocycles. The normalized spacial score (nSPS) is 12.6. The second-order valence-corrected chi connectivity index (χ2v) is 8.54. The van der Waals surface area contributed by atoms with Crippen molar-refractivity contribution in [3.05, 3.63) is 71.8 Å². The fourth-order valence-corrected chi connectivity index (χ4v) is 3.38. The molecule has 5 heteroatoms. The standard InChI is InChI=1S/C14H21NO2.C12H16O2/c1-11(2)10-13(14(16)15(3)17-4)12-8-6-5-7-9-12;1-9(2)8-11(12(13)14)10-6-4-3-5-7-10/h5-9,11,13H,10H2,1-4H3;3-7,9,11H,8H2,1-2H3,(H,13,14). The molecule has 0 saturated heterocycles. The molecule has 2 atom stereocenters. The van der Waals surface area contributed by atoms with Gasteiger partial charge in [0.25, 0.3) is 5.91 Å². The summed E-state index contributed by atoms with van der Waals surface area (Å²) in [4.78, 5) is 28.2. The number of carbonyl (C=O) groups is 2. The number of carboxylic acids is 1. The van der Waals surface area contributed by atoms with E-state index in [9.17, 15) is 9.59 Å². The summed E-state index contributed by atoms with van der Waals surface area (Å²) < 4.78 is 0. The van der Waals surface area contributed by atoms with Gasteiger partial charge in [-0.3, -0.25) is 14.4 Å². The van der Waals surface area contributed by atoms with Crippen molar-refractivity contribution in [3.63, 3.8) is 0 Å². The van der Waals surface area contributed by atoms with Crippen molar-refractivity contribution in [1.82, 2.24) is 5.06 Å². The Kier molecular flexibility index (Phi) is 11.6. The lowest BCUT2D eigenvalue weighted by molar-refractivity contribution is -0.170. The quantitative estimate of drug-likeness (QED) is 0.519. The third kappa shape index (κ3) is 9.35. The Hall–Kier alpha value is -2.66. The average molecular weight is 428 g/mol. The third-order valence-corrected chi connectivity index (χ3v) is 5.00. The number of likely N-dealkylation sites (N-methyl/N-ethyl adjacent to an activating group) is 1. The lowest BCUT2D eigenvalue weighted by atomic mass is 9.89. The zero-order chi connectivity index (χ0) is 23.4. The van der Waals surface area contributed by atoms with Crippen LogP contribution in [0.1, 0.15) is 63.5 Å². The minimum Gasteiger partial charge on any atom is -0.481 e. The molecular weight excluding hydrogens is 390 g/mol. The number of amides is 1. The number of hydroxylamine groups is 2. The van der Waals surface area contributed by atoms with Crippen molar-refractivity contribution in [2.24, 2.45) is 11.8 Å². The number of carboxylic acid groups (broad SMARTS) is 1. The summed E-state index contributed by atoms with van der Waals surface area (Å²) in [5.74, 6) is -0.347. The molecule has 0 radical (unpaired) electrons. The molecule has 0 spiro atoms. The average Bonchev–Trinajstić information content (AvgIpc) is 2.76. The maximum absolute atomic E-state index is 12.2. The van der Waals surface area contributed by atoms with E-state index in [1.165, 1.54) is 12.2 Å². The molecule has 1 amide bonds. The van der Waals surface area contributed by atoms with Gasteiger partial charge in [0.15, 0.2) is 0 Å². The SMILES string of the molecule is CC(C)CC(C(=O)O)c1ccccc1.CON(C)C(=O)C(CC(C)C)c1ccccc1. The molecule has 2 rings (SSSR count). The molecule has 0 aliphatic heterocycles. The number of carbonyl (C=O) groups excluding carboxylic acids is 1. The first-order valence-corrected chi connectivity index (χ1v) is 10.8. The molecule has 1 N–H and O–H groups in total. The lowest BCUT2D eigenvalue weighted by Crippen LogP contribution is -2.31. The first kappa shape index (κ1) is 26.4. The lowest BCUT2D eigenvalue weighted by Gasteiger charge is -2.23. The summed E-state index contributed by atoms with van der Waals surface area (Å²) in [7, 11) is 3.16. The van der Waals surface area contributed by atoms with Gasteiger partial charge >= 0.3 is 5.97 Å². The Morgan fingerprint density at radius 1 is 0.806 bits per heavy atom. The van der Waals surface area contributed by atoms with E-state index in [2.05, 4.69) is 13.8 Å². The molecule has 0 heterocycles. The van der Waals surface area contributed by atoms with Gasteiger partial charge in [-0.15, -0.1) is 0 Å². The van der Waals surface area contributed by atoms with Gasteiger partial charge in [-0.05, 0) is 35.8 Å². The number of hydrogen-bond donors (Lipinski definition) is 1. The fraction of sp³-hybridized carbons (Fsp3) is 0.462. The summed E-state index contributed by atoms with van der Waals surface area (Å²) in [6, 6.07) is 19.3. The number of aliphatic carboxylic acids is 1. The van der Waals surface area contributed by atoms with Crippen LogP contribution in [0.2, 0.25) is 0 Å². The van der Waals surface area contributed by atoms with Crippen molar-refractivity contribution < 1.29 is 19.5 Å². The molecular formula is C26H37NO4. The summed E-state index contributed by atoms with van der Waals surface area (Å²) in [5, 5.41) is 10.4. The molecule has 2 aromatic rings. The Balaban J connectivity index is 0.000000316. The van der Waals surface area contributed by atoms with Crippen LogP contribution in [0.3, 0.4) is 0 Å². The van der Waals surface area contributed by atoms with Crippen LogP contribution in [-0.4, -0.2) is 36.2 Å². The molecule has 5 nitrogen and oxygen atoms in total.